The zero-order valence-corrected chi connectivity index (χ0v) is 13.0. The molecule has 20 heavy (non-hydrogen) atoms. The Kier molecular flexibility index (Phi) is 5.06. The third kappa shape index (κ3) is 4.50. The summed E-state index contributed by atoms with van der Waals surface area (Å²) in [6, 6.07) is 1.83. The summed E-state index contributed by atoms with van der Waals surface area (Å²) in [5.74, 6) is 0.787. The molecule has 112 valence electrons. The van der Waals surface area contributed by atoms with Crippen LogP contribution < -0.4 is 0 Å². The van der Waals surface area contributed by atoms with Gasteiger partial charge in [-0.25, -0.2) is 4.21 Å². The molecule has 0 aromatic carbocycles. The first-order chi connectivity index (χ1) is 9.45. The average molecular weight is 299 g/mol. The molecule has 1 aromatic rings. The predicted molar refractivity (Wildman–Crippen MR) is 78.1 cm³/mol. The highest BCUT2D eigenvalue weighted by molar-refractivity contribution is 7.85. The van der Waals surface area contributed by atoms with E-state index in [1.54, 1.807) is 0 Å². The highest BCUT2D eigenvalue weighted by atomic mass is 32.2. The molecule has 0 N–H and O–H groups in total. The molecule has 1 aliphatic rings. The molecular formula is C13H21N3O3S. The smallest absolute Gasteiger partial charge is 0.151 e. The molecule has 1 aliphatic heterocycles. The average Bonchev–Trinajstić information content (AvgIpc) is 2.83. The minimum absolute atomic E-state index is 0.364. The molecule has 0 aliphatic carbocycles. The van der Waals surface area contributed by atoms with Crippen LogP contribution in [0.5, 0.6) is 0 Å². The summed E-state index contributed by atoms with van der Waals surface area (Å²) in [7, 11) is -1.27. The molecule has 1 aromatic heterocycles. The molecular weight excluding hydrogens is 278 g/mol. The molecule has 0 amide bonds. The van der Waals surface area contributed by atoms with Crippen LogP contribution in [0.15, 0.2) is 15.0 Å². The van der Waals surface area contributed by atoms with Crippen LogP contribution >= 0.6 is 0 Å². The molecule has 1 saturated heterocycles. The summed E-state index contributed by atoms with van der Waals surface area (Å²) in [6.45, 7) is 9.68. The van der Waals surface area contributed by atoms with Crippen LogP contribution in [-0.2, 0) is 22.3 Å². The maximum absolute atomic E-state index is 11.8. The van der Waals surface area contributed by atoms with Gasteiger partial charge in [-0.1, -0.05) is 5.16 Å². The lowest BCUT2D eigenvalue weighted by atomic mass is 10.3. The van der Waals surface area contributed by atoms with Gasteiger partial charge in [0.05, 0.1) is 30.7 Å². The number of rotatable bonds is 4. The minimum atomic E-state index is -1.27. The van der Waals surface area contributed by atoms with E-state index in [0.717, 1.165) is 32.1 Å². The Morgan fingerprint density at radius 1 is 1.45 bits per heavy atom. The Morgan fingerprint density at radius 3 is 2.80 bits per heavy atom. The molecule has 1 fully saturated rings. The van der Waals surface area contributed by atoms with Gasteiger partial charge in [-0.3, -0.25) is 4.90 Å². The summed E-state index contributed by atoms with van der Waals surface area (Å²) in [5.41, 5.74) is 0.603. The molecule has 2 heterocycles. The van der Waals surface area contributed by atoms with Crippen molar-refractivity contribution >= 4 is 17.2 Å². The van der Waals surface area contributed by atoms with Crippen molar-refractivity contribution in [3.8, 4) is 0 Å². The number of morpholine rings is 1. The van der Waals surface area contributed by atoms with Crippen molar-refractivity contribution in [2.75, 3.05) is 26.3 Å². The van der Waals surface area contributed by atoms with Crippen molar-refractivity contribution < 1.29 is 13.5 Å². The summed E-state index contributed by atoms with van der Waals surface area (Å²) >= 11 is 0. The summed E-state index contributed by atoms with van der Waals surface area (Å²) in [6.07, 6.45) is 1.51. The van der Waals surface area contributed by atoms with Gasteiger partial charge in [0.2, 0.25) is 0 Å². The quantitative estimate of drug-likeness (QED) is 0.786. The fourth-order valence-electron chi connectivity index (χ4n) is 1.70. The highest BCUT2D eigenvalue weighted by Crippen LogP contribution is 2.13. The van der Waals surface area contributed by atoms with Crippen molar-refractivity contribution in [2.24, 2.45) is 4.40 Å². The van der Waals surface area contributed by atoms with Gasteiger partial charge in [0, 0.05) is 19.2 Å². The van der Waals surface area contributed by atoms with Gasteiger partial charge in [-0.2, -0.15) is 4.40 Å². The van der Waals surface area contributed by atoms with Crippen LogP contribution in [0, 0.1) is 0 Å². The van der Waals surface area contributed by atoms with Gasteiger partial charge in [0.1, 0.15) is 16.7 Å². The molecule has 0 saturated carbocycles. The summed E-state index contributed by atoms with van der Waals surface area (Å²) < 4.78 is 26.0. The zero-order chi connectivity index (χ0) is 14.6. The van der Waals surface area contributed by atoms with E-state index in [1.165, 1.54) is 6.21 Å². The topological polar surface area (TPSA) is 67.9 Å². The molecule has 0 spiro atoms. The second-order valence-electron chi connectivity index (χ2n) is 5.70. The molecule has 6 nitrogen and oxygen atoms in total. The third-order valence-electron chi connectivity index (χ3n) is 2.86. The summed E-state index contributed by atoms with van der Waals surface area (Å²) in [5, 5.41) is 3.92. The lowest BCUT2D eigenvalue weighted by molar-refractivity contribution is 0.0305. The largest absolute Gasteiger partial charge is 0.379 e. The number of hydrogen-bond donors (Lipinski definition) is 0. The highest BCUT2D eigenvalue weighted by Gasteiger charge is 2.18. The van der Waals surface area contributed by atoms with Crippen LogP contribution in [0.3, 0.4) is 0 Å². The maximum Gasteiger partial charge on any atom is 0.151 e. The second kappa shape index (κ2) is 6.60. The predicted octanol–water partition coefficient (Wildman–Crippen LogP) is 1.39. The number of nitrogens with zero attached hydrogens (tertiary/aromatic N) is 3. The monoisotopic (exact) mass is 299 g/mol. The van der Waals surface area contributed by atoms with Gasteiger partial charge in [-0.15, -0.1) is 0 Å². The van der Waals surface area contributed by atoms with Crippen molar-refractivity contribution in [3.63, 3.8) is 0 Å². The van der Waals surface area contributed by atoms with E-state index in [2.05, 4.69) is 14.5 Å². The number of hydrogen-bond acceptors (Lipinski definition) is 5. The standard InChI is InChI=1S/C13H21N3O3S/c1-13(2,3)20(17)14-9-11-8-12(19-15-11)10-16-4-6-18-7-5-16/h8-9H,4-7,10H2,1-3H3/t20-/m0/s1. The van der Waals surface area contributed by atoms with Crippen LogP contribution in [-0.4, -0.2) is 51.5 Å². The van der Waals surface area contributed by atoms with E-state index in [4.69, 9.17) is 9.26 Å². The molecule has 7 heteroatoms. The van der Waals surface area contributed by atoms with Gasteiger partial charge in [0.25, 0.3) is 0 Å². The van der Waals surface area contributed by atoms with Crippen molar-refractivity contribution in [1.82, 2.24) is 10.1 Å². The fraction of sp³-hybridized carbons (Fsp3) is 0.692. The zero-order valence-electron chi connectivity index (χ0n) is 12.2. The Morgan fingerprint density at radius 2 is 2.15 bits per heavy atom. The van der Waals surface area contributed by atoms with Crippen LogP contribution in [0.25, 0.3) is 0 Å². The lowest BCUT2D eigenvalue weighted by Gasteiger charge is -2.25. The normalized spacial score (nSPS) is 19.6. The molecule has 1 atom stereocenters. The van der Waals surface area contributed by atoms with Crippen molar-refractivity contribution in [3.05, 3.63) is 17.5 Å². The van der Waals surface area contributed by atoms with Gasteiger partial charge >= 0.3 is 0 Å². The van der Waals surface area contributed by atoms with Crippen LogP contribution in [0.2, 0.25) is 0 Å². The van der Waals surface area contributed by atoms with E-state index in [0.29, 0.717) is 12.2 Å². The van der Waals surface area contributed by atoms with E-state index in [9.17, 15) is 4.21 Å². The molecule has 2 rings (SSSR count). The Hall–Kier alpha value is -1.05. The first kappa shape index (κ1) is 15.3. The molecule has 0 bridgehead atoms. The fourth-order valence-corrected chi connectivity index (χ4v) is 2.22. The van der Waals surface area contributed by atoms with Gasteiger partial charge in [-0.05, 0) is 20.8 Å². The first-order valence-corrected chi connectivity index (χ1v) is 7.77. The number of aromatic nitrogens is 1. The minimum Gasteiger partial charge on any atom is -0.379 e. The number of ether oxygens (including phenoxy) is 1. The first-order valence-electron chi connectivity index (χ1n) is 6.67. The second-order valence-corrected chi connectivity index (χ2v) is 7.64. The van der Waals surface area contributed by atoms with Crippen LogP contribution in [0.4, 0.5) is 0 Å². The van der Waals surface area contributed by atoms with E-state index < -0.39 is 11.0 Å². The van der Waals surface area contributed by atoms with Crippen molar-refractivity contribution in [2.45, 2.75) is 32.1 Å². The Labute approximate surface area is 121 Å². The van der Waals surface area contributed by atoms with E-state index in [1.807, 2.05) is 26.8 Å². The summed E-state index contributed by atoms with van der Waals surface area (Å²) in [4.78, 5) is 2.25. The van der Waals surface area contributed by atoms with E-state index >= 15 is 0 Å². The van der Waals surface area contributed by atoms with Crippen LogP contribution in [0.1, 0.15) is 32.2 Å². The molecule has 0 unspecified atom stereocenters. The molecule has 0 radical (unpaired) electrons. The van der Waals surface area contributed by atoms with Crippen molar-refractivity contribution in [1.29, 1.82) is 0 Å². The third-order valence-corrected chi connectivity index (χ3v) is 4.21. The maximum atomic E-state index is 11.8. The Bertz CT molecular complexity index is 487. The Balaban J connectivity index is 1.91. The lowest BCUT2D eigenvalue weighted by Crippen LogP contribution is -2.35. The van der Waals surface area contributed by atoms with E-state index in [-0.39, 0.29) is 4.75 Å². The SMILES string of the molecule is CC(C)(C)[S@](=O)N=Cc1cc(CN2CCOCC2)on1. The van der Waals surface area contributed by atoms with Gasteiger partial charge in [0.15, 0.2) is 5.76 Å². The van der Waals surface area contributed by atoms with Gasteiger partial charge < -0.3 is 9.26 Å².